The lowest BCUT2D eigenvalue weighted by atomic mass is 10.0. The third-order valence-electron chi connectivity index (χ3n) is 5.77. The molecule has 2 amide bonds. The quantitative estimate of drug-likeness (QED) is 0.587. The van der Waals surface area contributed by atoms with Crippen LogP contribution in [0.15, 0.2) is 47.4 Å². The molecule has 1 aliphatic rings. The van der Waals surface area contributed by atoms with Crippen LogP contribution in [0, 0.1) is 12.8 Å². The Labute approximate surface area is 196 Å². The lowest BCUT2D eigenvalue weighted by Gasteiger charge is -2.21. The van der Waals surface area contributed by atoms with Crippen molar-refractivity contribution in [2.45, 2.75) is 64.4 Å². The van der Waals surface area contributed by atoms with E-state index in [0.29, 0.717) is 32.4 Å². The molecule has 0 fully saturated rings. The third kappa shape index (κ3) is 6.21. The van der Waals surface area contributed by atoms with Gasteiger partial charge >= 0.3 is 0 Å². The topological polar surface area (TPSA) is 95.6 Å². The van der Waals surface area contributed by atoms with E-state index in [9.17, 15) is 18.0 Å². The first kappa shape index (κ1) is 24.9. The molecule has 1 aliphatic heterocycles. The molecule has 0 spiro atoms. The number of hydrogen-bond donors (Lipinski definition) is 2. The van der Waals surface area contributed by atoms with Crippen molar-refractivity contribution in [1.82, 2.24) is 10.0 Å². The molecule has 0 saturated heterocycles. The number of anilines is 1. The average molecular weight is 472 g/mol. The summed E-state index contributed by atoms with van der Waals surface area (Å²) in [5, 5.41) is 2.85. The molecule has 0 saturated carbocycles. The molecule has 33 heavy (non-hydrogen) atoms. The maximum atomic E-state index is 13.1. The molecular weight excluding hydrogens is 438 g/mol. The van der Waals surface area contributed by atoms with Crippen LogP contribution >= 0.6 is 0 Å². The van der Waals surface area contributed by atoms with Gasteiger partial charge < -0.3 is 10.2 Å². The van der Waals surface area contributed by atoms with Gasteiger partial charge in [-0.2, -0.15) is 4.72 Å². The largest absolute Gasteiger partial charge is 0.351 e. The Balaban J connectivity index is 1.74. The maximum Gasteiger partial charge on any atom is 0.241 e. The van der Waals surface area contributed by atoms with Crippen molar-refractivity contribution in [3.63, 3.8) is 0 Å². The molecule has 1 unspecified atom stereocenters. The fourth-order valence-electron chi connectivity index (χ4n) is 3.95. The molecule has 0 aliphatic carbocycles. The molecule has 0 bridgehead atoms. The maximum absolute atomic E-state index is 13.1. The van der Waals surface area contributed by atoms with Gasteiger partial charge in [-0.15, -0.1) is 0 Å². The second kappa shape index (κ2) is 10.5. The SMILES string of the molecule is CCC(=O)N1CCc2cc(S(=O)(=O)NC(CC(C)C)C(=O)NCc3ccc(C)cc3)ccc21. The zero-order chi connectivity index (χ0) is 24.2. The van der Waals surface area contributed by atoms with Crippen molar-refractivity contribution >= 4 is 27.5 Å². The number of rotatable bonds is 9. The summed E-state index contributed by atoms with van der Waals surface area (Å²) in [5.74, 6) is -0.213. The number of carbonyl (C=O) groups excluding carboxylic acids is 2. The zero-order valence-electron chi connectivity index (χ0n) is 19.7. The molecule has 8 heteroatoms. The van der Waals surface area contributed by atoms with Crippen LogP contribution in [0.1, 0.15) is 50.3 Å². The Bertz CT molecular complexity index is 1110. The number of sulfonamides is 1. The average Bonchev–Trinajstić information content (AvgIpc) is 3.20. The molecule has 0 radical (unpaired) electrons. The van der Waals surface area contributed by atoms with Crippen LogP contribution in [-0.2, 0) is 32.6 Å². The van der Waals surface area contributed by atoms with Gasteiger partial charge in [0.2, 0.25) is 21.8 Å². The Morgan fingerprint density at radius 2 is 1.79 bits per heavy atom. The first-order valence-corrected chi connectivity index (χ1v) is 12.9. The van der Waals surface area contributed by atoms with Crippen molar-refractivity contribution in [3.8, 4) is 0 Å². The molecule has 2 N–H and O–H groups in total. The van der Waals surface area contributed by atoms with E-state index in [1.807, 2.05) is 52.0 Å². The summed E-state index contributed by atoms with van der Waals surface area (Å²) < 4.78 is 28.9. The Hall–Kier alpha value is -2.71. The first-order chi connectivity index (χ1) is 15.6. The lowest BCUT2D eigenvalue weighted by Crippen LogP contribution is -2.47. The van der Waals surface area contributed by atoms with Crippen LogP contribution in [0.25, 0.3) is 0 Å². The summed E-state index contributed by atoms with van der Waals surface area (Å²) in [7, 11) is -3.92. The van der Waals surface area contributed by atoms with Gasteiger partial charge in [-0.1, -0.05) is 50.6 Å². The van der Waals surface area contributed by atoms with Gasteiger partial charge in [0.25, 0.3) is 0 Å². The number of aryl methyl sites for hydroxylation is 1. The predicted octanol–water partition coefficient (Wildman–Crippen LogP) is 3.30. The molecule has 1 heterocycles. The minimum absolute atomic E-state index is 0.0183. The molecule has 178 valence electrons. The number of amides is 2. The highest BCUT2D eigenvalue weighted by atomic mass is 32.2. The lowest BCUT2D eigenvalue weighted by molar-refractivity contribution is -0.123. The standard InChI is InChI=1S/C25H33N3O4S/c1-5-24(29)28-13-12-20-15-21(10-11-23(20)28)33(31,32)27-22(14-17(2)3)25(30)26-16-19-8-6-18(4)7-9-19/h6-11,15,17,22,27H,5,12-14,16H2,1-4H3,(H,26,30). The number of fused-ring (bicyclic) bond motifs is 1. The smallest absolute Gasteiger partial charge is 0.241 e. The van der Waals surface area contributed by atoms with E-state index in [1.165, 1.54) is 6.07 Å². The molecule has 1 atom stereocenters. The van der Waals surface area contributed by atoms with Crippen LogP contribution in [0.4, 0.5) is 5.69 Å². The van der Waals surface area contributed by atoms with Gasteiger partial charge in [0.1, 0.15) is 6.04 Å². The van der Waals surface area contributed by atoms with Gasteiger partial charge in [-0.05, 0) is 55.0 Å². The minimum atomic E-state index is -3.92. The Morgan fingerprint density at radius 1 is 1.09 bits per heavy atom. The normalized spacial score (nSPS) is 14.3. The summed E-state index contributed by atoms with van der Waals surface area (Å²) in [6.07, 6.45) is 1.38. The zero-order valence-corrected chi connectivity index (χ0v) is 20.5. The van der Waals surface area contributed by atoms with Crippen molar-refractivity contribution in [2.75, 3.05) is 11.4 Å². The van der Waals surface area contributed by atoms with Crippen molar-refractivity contribution < 1.29 is 18.0 Å². The summed E-state index contributed by atoms with van der Waals surface area (Å²) in [6, 6.07) is 11.7. The molecule has 2 aromatic rings. The van der Waals surface area contributed by atoms with Crippen molar-refractivity contribution in [2.24, 2.45) is 5.92 Å². The van der Waals surface area contributed by atoms with Gasteiger partial charge in [0.15, 0.2) is 0 Å². The monoisotopic (exact) mass is 471 g/mol. The summed E-state index contributed by atoms with van der Waals surface area (Å²) >= 11 is 0. The summed E-state index contributed by atoms with van der Waals surface area (Å²) in [6.45, 7) is 8.58. The summed E-state index contributed by atoms with van der Waals surface area (Å²) in [5.41, 5.74) is 3.66. The Kier molecular flexibility index (Phi) is 7.92. The molecule has 7 nitrogen and oxygen atoms in total. The number of hydrogen-bond acceptors (Lipinski definition) is 4. The fraction of sp³-hybridized carbons (Fsp3) is 0.440. The predicted molar refractivity (Wildman–Crippen MR) is 129 cm³/mol. The number of nitrogens with one attached hydrogen (secondary N) is 2. The van der Waals surface area contributed by atoms with Crippen LogP contribution < -0.4 is 14.9 Å². The molecule has 3 rings (SSSR count). The minimum Gasteiger partial charge on any atom is -0.351 e. The van der Waals surface area contributed by atoms with E-state index in [1.54, 1.807) is 17.0 Å². The van der Waals surface area contributed by atoms with Gasteiger partial charge in [-0.3, -0.25) is 9.59 Å². The number of carbonyl (C=O) groups is 2. The van der Waals surface area contributed by atoms with Gasteiger partial charge in [-0.25, -0.2) is 8.42 Å². The first-order valence-electron chi connectivity index (χ1n) is 11.4. The third-order valence-corrected chi connectivity index (χ3v) is 7.24. The van der Waals surface area contributed by atoms with E-state index in [-0.39, 0.29) is 22.6 Å². The number of nitrogens with zero attached hydrogens (tertiary/aromatic N) is 1. The van der Waals surface area contributed by atoms with Crippen LogP contribution in [-0.4, -0.2) is 32.8 Å². The molecule has 0 aromatic heterocycles. The second-order valence-corrected chi connectivity index (χ2v) is 10.7. The van der Waals surface area contributed by atoms with Gasteiger partial charge in [0.05, 0.1) is 4.90 Å². The number of benzene rings is 2. The van der Waals surface area contributed by atoms with E-state index in [4.69, 9.17) is 0 Å². The Morgan fingerprint density at radius 3 is 2.42 bits per heavy atom. The van der Waals surface area contributed by atoms with Crippen LogP contribution in [0.3, 0.4) is 0 Å². The fourth-order valence-corrected chi connectivity index (χ4v) is 5.21. The van der Waals surface area contributed by atoms with E-state index < -0.39 is 16.1 Å². The van der Waals surface area contributed by atoms with Gasteiger partial charge in [0, 0.05) is 25.2 Å². The van der Waals surface area contributed by atoms with Crippen LogP contribution in [0.2, 0.25) is 0 Å². The van der Waals surface area contributed by atoms with E-state index in [0.717, 1.165) is 22.4 Å². The van der Waals surface area contributed by atoms with Crippen LogP contribution in [0.5, 0.6) is 0 Å². The molecular formula is C25H33N3O4S. The highest BCUT2D eigenvalue weighted by Gasteiger charge is 2.29. The van der Waals surface area contributed by atoms with Crippen molar-refractivity contribution in [3.05, 3.63) is 59.2 Å². The highest BCUT2D eigenvalue weighted by Crippen LogP contribution is 2.30. The summed E-state index contributed by atoms with van der Waals surface area (Å²) in [4.78, 5) is 26.8. The van der Waals surface area contributed by atoms with E-state index in [2.05, 4.69) is 10.0 Å². The second-order valence-electron chi connectivity index (χ2n) is 8.95. The highest BCUT2D eigenvalue weighted by molar-refractivity contribution is 7.89. The van der Waals surface area contributed by atoms with Crippen molar-refractivity contribution in [1.29, 1.82) is 0 Å². The van der Waals surface area contributed by atoms with E-state index >= 15 is 0 Å². The molecule has 2 aromatic carbocycles.